The van der Waals surface area contributed by atoms with E-state index in [-0.39, 0.29) is 22.4 Å². The normalized spacial score (nSPS) is 16.5. The van der Waals surface area contributed by atoms with Crippen LogP contribution in [-0.2, 0) is 4.79 Å². The van der Waals surface area contributed by atoms with Crippen LogP contribution in [0.15, 0.2) is 18.2 Å². The number of carbonyl (C=O) groups is 2. The lowest BCUT2D eigenvalue weighted by Crippen LogP contribution is -2.48. The molecule has 2 rings (SSSR count). The molecule has 19 heavy (non-hydrogen) atoms. The van der Waals surface area contributed by atoms with Crippen LogP contribution in [0, 0.1) is 11.8 Å². The Morgan fingerprint density at radius 1 is 1.47 bits per heavy atom. The molecule has 1 amide bonds. The van der Waals surface area contributed by atoms with Crippen LogP contribution >= 0.6 is 11.6 Å². The van der Waals surface area contributed by atoms with Crippen molar-refractivity contribution >= 4 is 29.2 Å². The molecule has 1 atom stereocenters. The van der Waals surface area contributed by atoms with E-state index in [4.69, 9.17) is 16.7 Å². The van der Waals surface area contributed by atoms with Gasteiger partial charge in [0, 0.05) is 5.92 Å². The van der Waals surface area contributed by atoms with Gasteiger partial charge in [-0.3, -0.25) is 4.79 Å². The highest BCUT2D eigenvalue weighted by Crippen LogP contribution is 2.25. The molecule has 3 N–H and O–H groups in total. The maximum Gasteiger partial charge on any atom is 0.335 e. The van der Waals surface area contributed by atoms with E-state index in [2.05, 4.69) is 10.6 Å². The molecule has 0 saturated carbocycles. The van der Waals surface area contributed by atoms with E-state index >= 15 is 0 Å². The van der Waals surface area contributed by atoms with Crippen LogP contribution in [-0.4, -0.2) is 30.1 Å². The summed E-state index contributed by atoms with van der Waals surface area (Å²) in [6, 6.07) is 4.25. The molecule has 1 aromatic carbocycles. The summed E-state index contributed by atoms with van der Waals surface area (Å²) < 4.78 is 0. The van der Waals surface area contributed by atoms with E-state index in [1.165, 1.54) is 18.2 Å². The first-order valence-electron chi connectivity index (χ1n) is 6.03. The van der Waals surface area contributed by atoms with Gasteiger partial charge in [-0.25, -0.2) is 4.79 Å². The van der Waals surface area contributed by atoms with Crippen LogP contribution < -0.4 is 10.6 Å². The van der Waals surface area contributed by atoms with Crippen LogP contribution in [0.2, 0.25) is 5.02 Å². The predicted molar refractivity (Wildman–Crippen MR) is 72.6 cm³/mol. The number of hydrogen-bond acceptors (Lipinski definition) is 3. The maximum absolute atomic E-state index is 12.0. The molecule has 1 fully saturated rings. The number of carbonyl (C=O) groups excluding carboxylic acids is 1. The highest BCUT2D eigenvalue weighted by molar-refractivity contribution is 6.34. The zero-order chi connectivity index (χ0) is 14.0. The third-order valence-corrected chi connectivity index (χ3v) is 3.72. The Hall–Kier alpha value is -1.59. The lowest BCUT2D eigenvalue weighted by atomic mass is 9.88. The van der Waals surface area contributed by atoms with Crippen molar-refractivity contribution in [1.29, 1.82) is 0 Å². The molecule has 0 aliphatic carbocycles. The lowest BCUT2D eigenvalue weighted by Gasteiger charge is -2.31. The minimum atomic E-state index is -1.05. The van der Waals surface area contributed by atoms with Crippen molar-refractivity contribution in [3.05, 3.63) is 28.8 Å². The molecule has 5 nitrogen and oxygen atoms in total. The summed E-state index contributed by atoms with van der Waals surface area (Å²) >= 11 is 5.96. The lowest BCUT2D eigenvalue weighted by molar-refractivity contribution is -0.121. The first-order chi connectivity index (χ1) is 8.99. The number of amides is 1. The SMILES string of the molecule is CC(C(=O)Nc1ccc(C(=O)O)cc1Cl)C1CNC1. The Labute approximate surface area is 116 Å². The van der Waals surface area contributed by atoms with E-state index in [9.17, 15) is 9.59 Å². The predicted octanol–water partition coefficient (Wildman–Crippen LogP) is 1.83. The number of halogens is 1. The molecule has 1 saturated heterocycles. The van der Waals surface area contributed by atoms with Gasteiger partial charge in [0.25, 0.3) is 0 Å². The Bertz CT molecular complexity index is 515. The van der Waals surface area contributed by atoms with E-state index in [1.807, 2.05) is 6.92 Å². The second-order valence-corrected chi connectivity index (χ2v) is 5.10. The molecular weight excluding hydrogens is 268 g/mol. The number of hydrogen-bond donors (Lipinski definition) is 3. The van der Waals surface area contributed by atoms with E-state index in [1.54, 1.807) is 0 Å². The zero-order valence-electron chi connectivity index (χ0n) is 10.4. The molecule has 1 unspecified atom stereocenters. The summed E-state index contributed by atoms with van der Waals surface area (Å²) in [6.07, 6.45) is 0. The van der Waals surface area contributed by atoms with Crippen LogP contribution in [0.3, 0.4) is 0 Å². The highest BCUT2D eigenvalue weighted by atomic mass is 35.5. The molecule has 0 spiro atoms. The number of aromatic carboxylic acids is 1. The van der Waals surface area contributed by atoms with Gasteiger partial charge in [0.1, 0.15) is 0 Å². The quantitative estimate of drug-likeness (QED) is 0.787. The fourth-order valence-corrected chi connectivity index (χ4v) is 2.10. The van der Waals surface area contributed by atoms with Crippen molar-refractivity contribution in [3.63, 3.8) is 0 Å². The standard InChI is InChI=1S/C13H15ClN2O3/c1-7(9-5-15-6-9)12(17)16-11-3-2-8(13(18)19)4-10(11)14/h2-4,7,9,15H,5-6H2,1H3,(H,16,17)(H,18,19). The molecule has 102 valence electrons. The Kier molecular flexibility index (Phi) is 4.07. The fourth-order valence-electron chi connectivity index (χ4n) is 1.87. The Morgan fingerprint density at radius 2 is 2.16 bits per heavy atom. The van der Waals surface area contributed by atoms with E-state index < -0.39 is 5.97 Å². The van der Waals surface area contributed by atoms with Crippen molar-refractivity contribution in [2.24, 2.45) is 11.8 Å². The smallest absolute Gasteiger partial charge is 0.335 e. The van der Waals surface area contributed by atoms with E-state index in [0.29, 0.717) is 11.6 Å². The molecule has 0 aromatic heterocycles. The van der Waals surface area contributed by atoms with Crippen LogP contribution in [0.1, 0.15) is 17.3 Å². The number of anilines is 1. The number of benzene rings is 1. The average molecular weight is 283 g/mol. The summed E-state index contributed by atoms with van der Waals surface area (Å²) in [7, 11) is 0. The van der Waals surface area contributed by atoms with Crippen molar-refractivity contribution < 1.29 is 14.7 Å². The number of rotatable bonds is 4. The van der Waals surface area contributed by atoms with Gasteiger partial charge in [0.05, 0.1) is 16.3 Å². The molecule has 1 aliphatic heterocycles. The van der Waals surface area contributed by atoms with Gasteiger partial charge in [-0.1, -0.05) is 18.5 Å². The summed E-state index contributed by atoms with van der Waals surface area (Å²) in [4.78, 5) is 22.8. The molecule has 6 heteroatoms. The third-order valence-electron chi connectivity index (χ3n) is 3.41. The third kappa shape index (κ3) is 3.05. The van der Waals surface area contributed by atoms with Crippen molar-refractivity contribution in [1.82, 2.24) is 5.32 Å². The molecule has 1 aromatic rings. The van der Waals surface area contributed by atoms with Crippen LogP contribution in [0.25, 0.3) is 0 Å². The van der Waals surface area contributed by atoms with Gasteiger partial charge in [0.15, 0.2) is 0 Å². The Balaban J connectivity index is 2.06. The van der Waals surface area contributed by atoms with Crippen LogP contribution in [0.4, 0.5) is 5.69 Å². The zero-order valence-corrected chi connectivity index (χ0v) is 11.2. The largest absolute Gasteiger partial charge is 0.478 e. The second-order valence-electron chi connectivity index (χ2n) is 4.70. The average Bonchev–Trinajstić information content (AvgIpc) is 2.29. The van der Waals surface area contributed by atoms with Gasteiger partial charge >= 0.3 is 5.97 Å². The number of nitrogens with one attached hydrogen (secondary N) is 2. The summed E-state index contributed by atoms with van der Waals surface area (Å²) in [5, 5.41) is 14.9. The minimum Gasteiger partial charge on any atom is -0.478 e. The Morgan fingerprint density at radius 3 is 2.63 bits per heavy atom. The van der Waals surface area contributed by atoms with Crippen LogP contribution in [0.5, 0.6) is 0 Å². The second kappa shape index (κ2) is 5.59. The minimum absolute atomic E-state index is 0.0965. The first-order valence-corrected chi connectivity index (χ1v) is 6.41. The number of carboxylic acid groups (broad SMARTS) is 1. The van der Waals surface area contributed by atoms with Gasteiger partial charge in [-0.15, -0.1) is 0 Å². The van der Waals surface area contributed by atoms with Crippen molar-refractivity contribution in [2.75, 3.05) is 18.4 Å². The van der Waals surface area contributed by atoms with E-state index in [0.717, 1.165) is 13.1 Å². The number of carboxylic acids is 1. The van der Waals surface area contributed by atoms with Gasteiger partial charge in [0.2, 0.25) is 5.91 Å². The molecule has 0 bridgehead atoms. The molecule has 1 heterocycles. The molecule has 0 radical (unpaired) electrons. The maximum atomic E-state index is 12.0. The summed E-state index contributed by atoms with van der Waals surface area (Å²) in [5.41, 5.74) is 0.537. The fraction of sp³-hybridized carbons (Fsp3) is 0.385. The monoisotopic (exact) mass is 282 g/mol. The van der Waals surface area contributed by atoms with Crippen molar-refractivity contribution in [2.45, 2.75) is 6.92 Å². The van der Waals surface area contributed by atoms with Gasteiger partial charge in [-0.2, -0.15) is 0 Å². The topological polar surface area (TPSA) is 78.4 Å². The highest BCUT2D eigenvalue weighted by Gasteiger charge is 2.28. The molecule has 1 aliphatic rings. The first kappa shape index (κ1) is 13.8. The summed E-state index contributed by atoms with van der Waals surface area (Å²) in [5.74, 6) is -0.904. The van der Waals surface area contributed by atoms with Gasteiger partial charge < -0.3 is 15.7 Å². The summed E-state index contributed by atoms with van der Waals surface area (Å²) in [6.45, 7) is 3.57. The van der Waals surface area contributed by atoms with Gasteiger partial charge in [-0.05, 0) is 37.2 Å². The molecular formula is C13H15ClN2O3. The van der Waals surface area contributed by atoms with Crippen molar-refractivity contribution in [3.8, 4) is 0 Å².